The van der Waals surface area contributed by atoms with Crippen molar-refractivity contribution in [2.75, 3.05) is 0 Å². The van der Waals surface area contributed by atoms with Crippen molar-refractivity contribution in [1.29, 1.82) is 0 Å². The Labute approximate surface area is 115 Å². The molecule has 0 aromatic heterocycles. The highest BCUT2D eigenvalue weighted by Gasteiger charge is 2.14. The summed E-state index contributed by atoms with van der Waals surface area (Å²) in [7, 11) is 0. The van der Waals surface area contributed by atoms with Crippen LogP contribution in [0.4, 0.5) is 0 Å². The number of hydrogen-bond donors (Lipinski definition) is 0. The number of carbonyl (C=O) groups is 1. The van der Waals surface area contributed by atoms with Gasteiger partial charge in [-0.3, -0.25) is 4.79 Å². The van der Waals surface area contributed by atoms with Gasteiger partial charge in [-0.15, -0.1) is 0 Å². The summed E-state index contributed by atoms with van der Waals surface area (Å²) in [5, 5.41) is 0. The molecule has 0 heterocycles. The lowest BCUT2D eigenvalue weighted by Gasteiger charge is -2.20. The molecule has 1 heteroatoms. The molecule has 0 saturated heterocycles. The van der Waals surface area contributed by atoms with Crippen LogP contribution in [-0.4, -0.2) is 6.29 Å². The summed E-state index contributed by atoms with van der Waals surface area (Å²) in [5.41, 5.74) is 5.55. The highest BCUT2D eigenvalue weighted by atomic mass is 16.1. The Hall–Kier alpha value is -1.89. The number of benzene rings is 2. The van der Waals surface area contributed by atoms with Crippen LogP contribution in [0.2, 0.25) is 0 Å². The van der Waals surface area contributed by atoms with Gasteiger partial charge in [-0.05, 0) is 46.7 Å². The fourth-order valence-corrected chi connectivity index (χ4v) is 2.21. The Morgan fingerprint density at radius 1 is 0.947 bits per heavy atom. The standard InChI is InChI=1S/C18H20O/c1-13-8-14(12-19)10-16(9-13)15-6-5-7-17(11-15)18(2,3)4/h5-12H,1-4H3. The van der Waals surface area contributed by atoms with Gasteiger partial charge in [0.05, 0.1) is 0 Å². The first-order chi connectivity index (χ1) is 8.90. The molecule has 0 aliphatic rings. The Bertz CT molecular complexity index is 603. The number of aldehydes is 1. The molecule has 0 N–H and O–H groups in total. The smallest absolute Gasteiger partial charge is 0.150 e. The van der Waals surface area contributed by atoms with Crippen LogP contribution >= 0.6 is 0 Å². The Morgan fingerprint density at radius 3 is 2.32 bits per heavy atom. The normalized spacial score (nSPS) is 11.4. The highest BCUT2D eigenvalue weighted by Crippen LogP contribution is 2.28. The number of aryl methyl sites for hydroxylation is 1. The summed E-state index contributed by atoms with van der Waals surface area (Å²) in [6.07, 6.45) is 0.907. The molecule has 0 amide bonds. The van der Waals surface area contributed by atoms with E-state index in [0.29, 0.717) is 0 Å². The van der Waals surface area contributed by atoms with Crippen LogP contribution in [0.3, 0.4) is 0 Å². The zero-order valence-corrected chi connectivity index (χ0v) is 12.0. The van der Waals surface area contributed by atoms with E-state index in [-0.39, 0.29) is 5.41 Å². The van der Waals surface area contributed by atoms with Crippen molar-refractivity contribution in [2.24, 2.45) is 0 Å². The molecule has 0 bridgehead atoms. The maximum atomic E-state index is 11.0. The number of rotatable bonds is 2. The summed E-state index contributed by atoms with van der Waals surface area (Å²) in [5.74, 6) is 0. The maximum Gasteiger partial charge on any atom is 0.150 e. The van der Waals surface area contributed by atoms with E-state index in [1.165, 1.54) is 11.1 Å². The molecule has 2 aromatic rings. The number of carbonyl (C=O) groups excluding carboxylic acids is 1. The third-order valence-corrected chi connectivity index (χ3v) is 3.30. The molecular formula is C18H20O. The number of hydrogen-bond acceptors (Lipinski definition) is 1. The molecular weight excluding hydrogens is 232 g/mol. The Kier molecular flexibility index (Phi) is 3.57. The second kappa shape index (κ2) is 5.00. The lowest BCUT2D eigenvalue weighted by atomic mass is 9.85. The van der Waals surface area contributed by atoms with Crippen LogP contribution in [-0.2, 0) is 5.41 Å². The molecule has 0 spiro atoms. The van der Waals surface area contributed by atoms with Gasteiger partial charge in [0, 0.05) is 5.56 Å². The van der Waals surface area contributed by atoms with Crippen LogP contribution in [0.5, 0.6) is 0 Å². The van der Waals surface area contributed by atoms with Crippen molar-refractivity contribution < 1.29 is 4.79 Å². The molecule has 2 aromatic carbocycles. The second-order valence-corrected chi connectivity index (χ2v) is 6.08. The SMILES string of the molecule is Cc1cc(C=O)cc(-c2cccc(C(C)(C)C)c2)c1. The zero-order valence-electron chi connectivity index (χ0n) is 12.0. The van der Waals surface area contributed by atoms with E-state index in [2.05, 4.69) is 51.1 Å². The van der Waals surface area contributed by atoms with Gasteiger partial charge in [0.15, 0.2) is 0 Å². The Morgan fingerprint density at radius 2 is 1.68 bits per heavy atom. The first-order valence-corrected chi connectivity index (χ1v) is 6.58. The molecule has 0 fully saturated rings. The topological polar surface area (TPSA) is 17.1 Å². The predicted molar refractivity (Wildman–Crippen MR) is 80.7 cm³/mol. The van der Waals surface area contributed by atoms with Crippen molar-refractivity contribution >= 4 is 6.29 Å². The van der Waals surface area contributed by atoms with Gasteiger partial charge in [-0.2, -0.15) is 0 Å². The summed E-state index contributed by atoms with van der Waals surface area (Å²) in [6.45, 7) is 8.64. The molecule has 2 rings (SSSR count). The van der Waals surface area contributed by atoms with Crippen molar-refractivity contribution in [3.8, 4) is 11.1 Å². The minimum atomic E-state index is 0.132. The first kappa shape index (κ1) is 13.5. The third kappa shape index (κ3) is 3.11. The average Bonchev–Trinajstić information content (AvgIpc) is 2.37. The third-order valence-electron chi connectivity index (χ3n) is 3.30. The van der Waals surface area contributed by atoms with Crippen molar-refractivity contribution in [3.05, 3.63) is 59.2 Å². The summed E-state index contributed by atoms with van der Waals surface area (Å²) in [4.78, 5) is 11.0. The van der Waals surface area contributed by atoms with Gasteiger partial charge in [-0.1, -0.05) is 51.1 Å². The molecule has 19 heavy (non-hydrogen) atoms. The average molecular weight is 252 g/mol. The largest absolute Gasteiger partial charge is 0.298 e. The molecule has 1 nitrogen and oxygen atoms in total. The highest BCUT2D eigenvalue weighted by molar-refractivity contribution is 5.79. The molecule has 0 aliphatic heterocycles. The maximum absolute atomic E-state index is 11.0. The quantitative estimate of drug-likeness (QED) is 0.703. The molecule has 0 radical (unpaired) electrons. The van der Waals surface area contributed by atoms with Crippen molar-refractivity contribution in [2.45, 2.75) is 33.1 Å². The lowest BCUT2D eigenvalue weighted by Crippen LogP contribution is -2.10. The molecule has 0 saturated carbocycles. The minimum Gasteiger partial charge on any atom is -0.298 e. The van der Waals surface area contributed by atoms with Gasteiger partial charge in [0.1, 0.15) is 6.29 Å². The predicted octanol–water partition coefficient (Wildman–Crippen LogP) is 4.77. The van der Waals surface area contributed by atoms with E-state index < -0.39 is 0 Å². The van der Waals surface area contributed by atoms with Crippen molar-refractivity contribution in [3.63, 3.8) is 0 Å². The second-order valence-electron chi connectivity index (χ2n) is 6.08. The van der Waals surface area contributed by atoms with Gasteiger partial charge >= 0.3 is 0 Å². The molecule has 0 atom stereocenters. The fourth-order valence-electron chi connectivity index (χ4n) is 2.21. The summed E-state index contributed by atoms with van der Waals surface area (Å²) >= 11 is 0. The van der Waals surface area contributed by atoms with E-state index in [9.17, 15) is 4.79 Å². The lowest BCUT2D eigenvalue weighted by molar-refractivity contribution is 0.112. The van der Waals surface area contributed by atoms with Gasteiger partial charge in [0.25, 0.3) is 0 Å². The van der Waals surface area contributed by atoms with E-state index in [1.807, 2.05) is 19.1 Å². The van der Waals surface area contributed by atoms with Crippen LogP contribution in [0.15, 0.2) is 42.5 Å². The molecule has 98 valence electrons. The molecule has 0 unspecified atom stereocenters. The van der Waals surface area contributed by atoms with E-state index in [4.69, 9.17) is 0 Å². The van der Waals surface area contributed by atoms with E-state index in [0.717, 1.165) is 23.0 Å². The zero-order chi connectivity index (χ0) is 14.0. The fraction of sp³-hybridized carbons (Fsp3) is 0.278. The van der Waals surface area contributed by atoms with Crippen LogP contribution < -0.4 is 0 Å². The van der Waals surface area contributed by atoms with Gasteiger partial charge in [0.2, 0.25) is 0 Å². The molecule has 0 aliphatic carbocycles. The van der Waals surface area contributed by atoms with E-state index >= 15 is 0 Å². The van der Waals surface area contributed by atoms with Gasteiger partial charge < -0.3 is 0 Å². The van der Waals surface area contributed by atoms with Crippen LogP contribution in [0.25, 0.3) is 11.1 Å². The van der Waals surface area contributed by atoms with Crippen molar-refractivity contribution in [1.82, 2.24) is 0 Å². The first-order valence-electron chi connectivity index (χ1n) is 6.58. The van der Waals surface area contributed by atoms with Gasteiger partial charge in [-0.25, -0.2) is 0 Å². The summed E-state index contributed by atoms with van der Waals surface area (Å²) < 4.78 is 0. The minimum absolute atomic E-state index is 0.132. The van der Waals surface area contributed by atoms with Crippen LogP contribution in [0.1, 0.15) is 42.3 Å². The monoisotopic (exact) mass is 252 g/mol. The summed E-state index contributed by atoms with van der Waals surface area (Å²) in [6, 6.07) is 14.5. The van der Waals surface area contributed by atoms with Crippen LogP contribution in [0, 0.1) is 6.92 Å². The van der Waals surface area contributed by atoms with E-state index in [1.54, 1.807) is 0 Å². The Balaban J connectivity index is 2.53.